The van der Waals surface area contributed by atoms with Gasteiger partial charge in [-0.3, -0.25) is 10.1 Å². The van der Waals surface area contributed by atoms with E-state index in [2.05, 4.69) is 25.3 Å². The molecule has 3 atom stereocenters. The summed E-state index contributed by atoms with van der Waals surface area (Å²) >= 11 is 0. The van der Waals surface area contributed by atoms with Crippen molar-refractivity contribution in [3.63, 3.8) is 0 Å². The van der Waals surface area contributed by atoms with Crippen LogP contribution in [0.2, 0.25) is 0 Å². The van der Waals surface area contributed by atoms with Crippen molar-refractivity contribution < 1.29 is 13.9 Å². The summed E-state index contributed by atoms with van der Waals surface area (Å²) in [6, 6.07) is 8.25. The van der Waals surface area contributed by atoms with Crippen LogP contribution < -0.4 is 10.2 Å². The third-order valence-corrected chi connectivity index (χ3v) is 8.26. The van der Waals surface area contributed by atoms with E-state index in [4.69, 9.17) is 4.74 Å². The van der Waals surface area contributed by atoms with Gasteiger partial charge in [0.1, 0.15) is 11.5 Å². The first-order chi connectivity index (χ1) is 18.4. The number of hydrogen-bond acceptors (Lipinski definition) is 7. The first-order valence-corrected chi connectivity index (χ1v) is 13.4. The van der Waals surface area contributed by atoms with Gasteiger partial charge in [0.05, 0.1) is 17.8 Å². The average Bonchev–Trinajstić information content (AvgIpc) is 3.39. The number of nitrogens with zero attached hydrogens (tertiary/aromatic N) is 6. The maximum atomic E-state index is 14.6. The lowest BCUT2D eigenvalue weighted by molar-refractivity contribution is -0.0383. The van der Waals surface area contributed by atoms with Crippen molar-refractivity contribution in [3.8, 4) is 11.3 Å². The van der Waals surface area contributed by atoms with Crippen LogP contribution in [0.25, 0.3) is 11.3 Å². The molecule has 3 aliphatic rings. The van der Waals surface area contributed by atoms with Gasteiger partial charge in [0.25, 0.3) is 5.91 Å². The standard InChI is InChI=1S/C28H34FN7O2/c1-18-14-19(2)33-27(32-18)35-16-20-10-12-34(17-28(20,35)30-3)26(37)23-15-21(29)7-8-22(23)24-9-11-31-36(24)25-6-4-5-13-38-25/h7-9,11,14-15,20,25,30H,4-6,10,12-13,16-17H2,1-3H3/t20-,25?,28-/m0/s1. The van der Waals surface area contributed by atoms with Crippen LogP contribution in [0.15, 0.2) is 36.5 Å². The largest absolute Gasteiger partial charge is 0.356 e. The molecule has 0 aliphatic carbocycles. The molecule has 1 N–H and O–H groups in total. The van der Waals surface area contributed by atoms with Gasteiger partial charge in [0.2, 0.25) is 5.95 Å². The molecule has 38 heavy (non-hydrogen) atoms. The molecule has 1 aromatic carbocycles. The molecule has 1 unspecified atom stereocenters. The van der Waals surface area contributed by atoms with E-state index in [1.165, 1.54) is 12.1 Å². The quantitative estimate of drug-likeness (QED) is 0.550. The van der Waals surface area contributed by atoms with Crippen molar-refractivity contribution in [3.05, 3.63) is 59.3 Å². The van der Waals surface area contributed by atoms with Crippen LogP contribution in [0.3, 0.4) is 0 Å². The number of aromatic nitrogens is 4. The SMILES string of the molecule is CN[C@]12CN(C(=O)c3cc(F)ccc3-c3ccnn3C3CCCCO3)CC[C@H]1CN2c1nc(C)cc(C)n1. The Hall–Kier alpha value is -3.37. The number of carbonyl (C=O) groups is 1. The molecule has 3 aliphatic heterocycles. The van der Waals surface area contributed by atoms with Crippen molar-refractivity contribution in [2.75, 3.05) is 38.2 Å². The highest BCUT2D eigenvalue weighted by Crippen LogP contribution is 2.43. The van der Waals surface area contributed by atoms with E-state index in [0.717, 1.165) is 49.3 Å². The van der Waals surface area contributed by atoms with Gasteiger partial charge in [-0.15, -0.1) is 0 Å². The summed E-state index contributed by atoms with van der Waals surface area (Å²) in [4.78, 5) is 27.4. The molecule has 0 saturated carbocycles. The van der Waals surface area contributed by atoms with E-state index in [0.29, 0.717) is 42.7 Å². The summed E-state index contributed by atoms with van der Waals surface area (Å²) < 4.78 is 22.4. The highest BCUT2D eigenvalue weighted by atomic mass is 19.1. The topological polar surface area (TPSA) is 88.4 Å². The number of amides is 1. The number of hydrogen-bond donors (Lipinski definition) is 1. The molecule has 0 radical (unpaired) electrons. The van der Waals surface area contributed by atoms with Crippen molar-refractivity contribution >= 4 is 11.9 Å². The number of rotatable bonds is 5. The number of carbonyl (C=O) groups excluding carboxylic acids is 1. The number of benzene rings is 1. The smallest absolute Gasteiger partial charge is 0.254 e. The fourth-order valence-electron chi connectivity index (χ4n) is 6.31. The number of ether oxygens (including phenoxy) is 1. The molecular weight excluding hydrogens is 485 g/mol. The maximum Gasteiger partial charge on any atom is 0.254 e. The Morgan fingerprint density at radius 2 is 1.95 bits per heavy atom. The van der Waals surface area contributed by atoms with Gasteiger partial charge >= 0.3 is 0 Å². The van der Waals surface area contributed by atoms with E-state index in [1.807, 2.05) is 42.6 Å². The van der Waals surface area contributed by atoms with Crippen LogP contribution in [-0.2, 0) is 4.74 Å². The number of fused-ring (bicyclic) bond motifs is 1. The molecule has 1 amide bonds. The van der Waals surface area contributed by atoms with E-state index in [-0.39, 0.29) is 12.1 Å². The molecule has 2 aromatic heterocycles. The second-order valence-corrected chi connectivity index (χ2v) is 10.6. The fourth-order valence-corrected chi connectivity index (χ4v) is 6.31. The van der Waals surface area contributed by atoms with E-state index >= 15 is 0 Å². The highest BCUT2D eigenvalue weighted by Gasteiger charge is 2.57. The van der Waals surface area contributed by atoms with Gasteiger partial charge in [-0.25, -0.2) is 19.0 Å². The lowest BCUT2D eigenvalue weighted by Gasteiger charge is -2.62. The summed E-state index contributed by atoms with van der Waals surface area (Å²) in [7, 11) is 1.92. The zero-order valence-electron chi connectivity index (χ0n) is 22.2. The molecule has 3 fully saturated rings. The third kappa shape index (κ3) is 4.16. The van der Waals surface area contributed by atoms with E-state index in [1.54, 1.807) is 12.3 Å². The molecule has 6 rings (SSSR count). The molecule has 5 heterocycles. The summed E-state index contributed by atoms with van der Waals surface area (Å²) in [6.45, 7) is 6.50. The van der Waals surface area contributed by atoms with Gasteiger partial charge in [-0.05, 0) is 76.9 Å². The summed E-state index contributed by atoms with van der Waals surface area (Å²) in [6.07, 6.45) is 5.30. The zero-order valence-corrected chi connectivity index (χ0v) is 22.2. The number of nitrogens with one attached hydrogen (secondary N) is 1. The lowest BCUT2D eigenvalue weighted by atomic mass is 9.75. The summed E-state index contributed by atoms with van der Waals surface area (Å²) in [5.41, 5.74) is 3.10. The molecular formula is C28H34FN7O2. The summed E-state index contributed by atoms with van der Waals surface area (Å²) in [5, 5.41) is 8.00. The van der Waals surface area contributed by atoms with Gasteiger partial charge in [-0.1, -0.05) is 0 Å². The van der Waals surface area contributed by atoms with Crippen LogP contribution >= 0.6 is 0 Å². The van der Waals surface area contributed by atoms with Gasteiger partial charge in [-0.2, -0.15) is 5.10 Å². The normalized spacial score (nSPS) is 25.2. The molecule has 0 spiro atoms. The number of aryl methyl sites for hydroxylation is 2. The Kier molecular flexibility index (Phi) is 6.39. The zero-order chi connectivity index (χ0) is 26.4. The molecule has 9 nitrogen and oxygen atoms in total. The molecule has 10 heteroatoms. The predicted octanol–water partition coefficient (Wildman–Crippen LogP) is 3.69. The monoisotopic (exact) mass is 519 g/mol. The molecule has 0 bridgehead atoms. The van der Waals surface area contributed by atoms with E-state index < -0.39 is 11.5 Å². The van der Waals surface area contributed by atoms with Crippen LogP contribution in [0.1, 0.15) is 53.7 Å². The minimum atomic E-state index is -0.473. The number of anilines is 1. The van der Waals surface area contributed by atoms with Crippen molar-refractivity contribution in [2.45, 2.75) is 51.4 Å². The summed E-state index contributed by atoms with van der Waals surface area (Å²) in [5.74, 6) is 0.394. The Labute approximate surface area is 222 Å². The van der Waals surface area contributed by atoms with Gasteiger partial charge in [0.15, 0.2) is 6.23 Å². The number of halogens is 1. The van der Waals surface area contributed by atoms with Gasteiger partial charge in [0, 0.05) is 48.8 Å². The number of likely N-dealkylation sites (N-methyl/N-ethyl adjacent to an activating group) is 1. The first kappa shape index (κ1) is 24.9. The number of likely N-dealkylation sites (tertiary alicyclic amines) is 1. The van der Waals surface area contributed by atoms with Crippen LogP contribution in [-0.4, -0.2) is 69.5 Å². The second-order valence-electron chi connectivity index (χ2n) is 10.6. The molecule has 3 aromatic rings. The maximum absolute atomic E-state index is 14.6. The second kappa shape index (κ2) is 9.74. The first-order valence-electron chi connectivity index (χ1n) is 13.4. The third-order valence-electron chi connectivity index (χ3n) is 8.26. The Morgan fingerprint density at radius 1 is 1.13 bits per heavy atom. The minimum Gasteiger partial charge on any atom is -0.356 e. The van der Waals surface area contributed by atoms with Crippen LogP contribution in [0.4, 0.5) is 10.3 Å². The fraction of sp³-hybridized carbons (Fsp3) is 0.500. The van der Waals surface area contributed by atoms with E-state index in [9.17, 15) is 9.18 Å². The van der Waals surface area contributed by atoms with Gasteiger partial charge < -0.3 is 14.5 Å². The van der Waals surface area contributed by atoms with Crippen molar-refractivity contribution in [2.24, 2.45) is 5.92 Å². The molecule has 200 valence electrons. The van der Waals surface area contributed by atoms with Crippen LogP contribution in [0, 0.1) is 25.6 Å². The highest BCUT2D eigenvalue weighted by molar-refractivity contribution is 6.00. The predicted molar refractivity (Wildman–Crippen MR) is 141 cm³/mol. The van der Waals surface area contributed by atoms with Crippen molar-refractivity contribution in [1.29, 1.82) is 0 Å². The molecule has 3 saturated heterocycles. The number of piperidine rings is 1. The Bertz CT molecular complexity index is 1330. The minimum absolute atomic E-state index is 0.189. The average molecular weight is 520 g/mol. The lowest BCUT2D eigenvalue weighted by Crippen LogP contribution is -2.80. The Morgan fingerprint density at radius 3 is 2.68 bits per heavy atom. The van der Waals surface area contributed by atoms with Crippen molar-refractivity contribution in [1.82, 2.24) is 30.0 Å². The Balaban J connectivity index is 1.32. The van der Waals surface area contributed by atoms with Crippen LogP contribution in [0.5, 0.6) is 0 Å².